The van der Waals surface area contributed by atoms with Crippen LogP contribution in [0.3, 0.4) is 0 Å². The second-order valence-corrected chi connectivity index (χ2v) is 5.06. The summed E-state index contributed by atoms with van der Waals surface area (Å²) in [6.07, 6.45) is 0.929. The Hall–Kier alpha value is -2.33. The number of H-pyrrole nitrogens is 1. The number of aromatic nitrogens is 2. The highest BCUT2D eigenvalue weighted by atomic mass is 35.5. The van der Waals surface area contributed by atoms with Crippen LogP contribution in [0.5, 0.6) is 0 Å². The molecule has 0 saturated heterocycles. The smallest absolute Gasteiger partial charge is 0.296 e. The summed E-state index contributed by atoms with van der Waals surface area (Å²) in [5.41, 5.74) is 3.74. The van der Waals surface area contributed by atoms with E-state index in [9.17, 15) is 4.79 Å². The number of nitrogens with zero attached hydrogens (tertiary/aromatic N) is 1. The minimum absolute atomic E-state index is 0.395. The van der Waals surface area contributed by atoms with Gasteiger partial charge in [-0.25, -0.2) is 4.79 Å². The average molecular weight is 301 g/mol. The number of aromatic amines is 1. The highest BCUT2D eigenvalue weighted by molar-refractivity contribution is 6.33. The number of halogens is 1. The summed E-state index contributed by atoms with van der Waals surface area (Å²) in [6, 6.07) is 13.6. The molecule has 1 aromatic heterocycles. The molecule has 0 spiro atoms. The van der Waals surface area contributed by atoms with E-state index in [1.165, 1.54) is 5.56 Å². The molecule has 0 unspecified atom stereocenters. The fraction of sp³-hybridized carbons (Fsp3) is 0.125. The summed E-state index contributed by atoms with van der Waals surface area (Å²) in [7, 11) is 0. The molecule has 0 radical (unpaired) electrons. The lowest BCUT2D eigenvalue weighted by molar-refractivity contribution is 0.388. The van der Waals surface area contributed by atoms with Gasteiger partial charge in [-0.3, -0.25) is 9.51 Å². The van der Waals surface area contributed by atoms with Crippen LogP contribution < -0.4 is 5.76 Å². The van der Waals surface area contributed by atoms with Crippen LogP contribution in [0.2, 0.25) is 5.02 Å². The van der Waals surface area contributed by atoms with Crippen LogP contribution in [-0.4, -0.2) is 10.1 Å². The highest BCUT2D eigenvalue weighted by Crippen LogP contribution is 2.34. The molecule has 1 heterocycles. The molecule has 3 rings (SSSR count). The first-order chi connectivity index (χ1) is 10.2. The largest absolute Gasteiger partial charge is 0.439 e. The van der Waals surface area contributed by atoms with Crippen molar-refractivity contribution in [2.45, 2.75) is 13.3 Å². The zero-order valence-corrected chi connectivity index (χ0v) is 12.1. The Morgan fingerprint density at radius 1 is 1.14 bits per heavy atom. The molecule has 4 nitrogen and oxygen atoms in total. The van der Waals surface area contributed by atoms with Crippen LogP contribution in [0.25, 0.3) is 22.5 Å². The Morgan fingerprint density at radius 2 is 1.90 bits per heavy atom. The Labute approximate surface area is 126 Å². The van der Waals surface area contributed by atoms with Crippen LogP contribution in [0.1, 0.15) is 12.5 Å². The van der Waals surface area contributed by atoms with Gasteiger partial charge >= 0.3 is 5.76 Å². The molecule has 0 atom stereocenters. The first kappa shape index (κ1) is 13.6. The van der Waals surface area contributed by atoms with Crippen LogP contribution >= 0.6 is 11.6 Å². The molecule has 0 aliphatic carbocycles. The first-order valence-electron chi connectivity index (χ1n) is 6.63. The second kappa shape index (κ2) is 5.58. The molecule has 1 N–H and O–H groups in total. The van der Waals surface area contributed by atoms with Crippen LogP contribution in [0.15, 0.2) is 51.8 Å². The maximum atomic E-state index is 11.2. The van der Waals surface area contributed by atoms with Gasteiger partial charge in [0, 0.05) is 16.1 Å². The number of benzene rings is 2. The molecular formula is C16H13ClN2O2. The van der Waals surface area contributed by atoms with E-state index in [1.807, 2.05) is 42.5 Å². The Balaban J connectivity index is 2.17. The second-order valence-electron chi connectivity index (χ2n) is 4.66. The van der Waals surface area contributed by atoms with Crippen molar-refractivity contribution in [3.63, 3.8) is 0 Å². The van der Waals surface area contributed by atoms with E-state index in [4.69, 9.17) is 11.6 Å². The Kier molecular flexibility index (Phi) is 3.62. The monoisotopic (exact) mass is 300 g/mol. The zero-order chi connectivity index (χ0) is 14.8. The number of hydrogen-bond acceptors (Lipinski definition) is 3. The van der Waals surface area contributed by atoms with Gasteiger partial charge in [0.15, 0.2) is 5.82 Å². The Bertz CT molecular complexity index is 836. The van der Waals surface area contributed by atoms with E-state index in [2.05, 4.69) is 21.6 Å². The van der Waals surface area contributed by atoms with Crippen molar-refractivity contribution >= 4 is 11.6 Å². The third-order valence-electron chi connectivity index (χ3n) is 3.35. The van der Waals surface area contributed by atoms with Crippen molar-refractivity contribution in [1.29, 1.82) is 0 Å². The van der Waals surface area contributed by atoms with Crippen molar-refractivity contribution in [1.82, 2.24) is 10.1 Å². The van der Waals surface area contributed by atoms with Gasteiger partial charge in [-0.05, 0) is 23.6 Å². The maximum Gasteiger partial charge on any atom is 0.439 e. The lowest BCUT2D eigenvalue weighted by atomic mass is 9.98. The molecule has 0 amide bonds. The minimum Gasteiger partial charge on any atom is -0.296 e. The van der Waals surface area contributed by atoms with Gasteiger partial charge in [0.25, 0.3) is 0 Å². The number of hydrogen-bond donors (Lipinski definition) is 1. The van der Waals surface area contributed by atoms with E-state index in [0.717, 1.165) is 23.1 Å². The molecule has 5 heteroatoms. The SMILES string of the molecule is CCc1ccc(-c2ccccc2-c2noc(=O)[nH]2)c(Cl)c1. The molecule has 3 aromatic rings. The quantitative estimate of drug-likeness (QED) is 0.797. The average Bonchev–Trinajstić information content (AvgIpc) is 2.93. The van der Waals surface area contributed by atoms with Gasteiger partial charge in [-0.15, -0.1) is 0 Å². The van der Waals surface area contributed by atoms with Crippen molar-refractivity contribution in [3.05, 3.63) is 63.6 Å². The summed E-state index contributed by atoms with van der Waals surface area (Å²) in [5.74, 6) is -0.182. The van der Waals surface area contributed by atoms with Gasteiger partial charge in [0.05, 0.1) is 0 Å². The standard InChI is InChI=1S/C16H13ClN2O2/c1-2-10-7-8-12(14(17)9-10)11-5-3-4-6-13(11)15-18-16(20)21-19-15/h3-9H,2H2,1H3,(H,18,19,20). The van der Waals surface area contributed by atoms with Gasteiger partial charge in [0.1, 0.15) is 0 Å². The summed E-state index contributed by atoms with van der Waals surface area (Å²) < 4.78 is 4.58. The number of rotatable bonds is 3. The van der Waals surface area contributed by atoms with Crippen LogP contribution in [0.4, 0.5) is 0 Å². The lowest BCUT2D eigenvalue weighted by Crippen LogP contribution is -1.95. The normalized spacial score (nSPS) is 10.8. The summed E-state index contributed by atoms with van der Waals surface area (Å²) >= 11 is 6.39. The molecule has 0 bridgehead atoms. The van der Waals surface area contributed by atoms with E-state index in [1.54, 1.807) is 0 Å². The molecular weight excluding hydrogens is 288 g/mol. The minimum atomic E-state index is -0.577. The third kappa shape index (κ3) is 2.62. The van der Waals surface area contributed by atoms with E-state index in [-0.39, 0.29) is 0 Å². The molecule has 0 fully saturated rings. The van der Waals surface area contributed by atoms with Gasteiger partial charge in [-0.2, -0.15) is 0 Å². The number of nitrogens with one attached hydrogen (secondary N) is 1. The zero-order valence-electron chi connectivity index (χ0n) is 11.4. The first-order valence-corrected chi connectivity index (χ1v) is 7.01. The van der Waals surface area contributed by atoms with Gasteiger partial charge in [0.2, 0.25) is 0 Å². The fourth-order valence-electron chi connectivity index (χ4n) is 2.27. The molecule has 0 aliphatic rings. The molecule has 0 aliphatic heterocycles. The molecule has 0 saturated carbocycles. The molecule has 106 valence electrons. The molecule has 2 aromatic carbocycles. The van der Waals surface area contributed by atoms with Crippen molar-refractivity contribution in [3.8, 4) is 22.5 Å². The highest BCUT2D eigenvalue weighted by Gasteiger charge is 2.13. The van der Waals surface area contributed by atoms with E-state index < -0.39 is 5.76 Å². The Morgan fingerprint density at radius 3 is 2.52 bits per heavy atom. The third-order valence-corrected chi connectivity index (χ3v) is 3.67. The predicted octanol–water partition coefficient (Wildman–Crippen LogP) is 3.91. The van der Waals surface area contributed by atoms with Crippen molar-refractivity contribution < 1.29 is 4.52 Å². The maximum absolute atomic E-state index is 11.2. The molecule has 21 heavy (non-hydrogen) atoms. The number of aryl methyl sites for hydroxylation is 1. The topological polar surface area (TPSA) is 58.9 Å². The van der Waals surface area contributed by atoms with E-state index in [0.29, 0.717) is 10.8 Å². The van der Waals surface area contributed by atoms with Crippen LogP contribution in [0, 0.1) is 0 Å². The summed E-state index contributed by atoms with van der Waals surface area (Å²) in [6.45, 7) is 2.08. The lowest BCUT2D eigenvalue weighted by Gasteiger charge is -2.10. The van der Waals surface area contributed by atoms with Gasteiger partial charge < -0.3 is 0 Å². The summed E-state index contributed by atoms with van der Waals surface area (Å²) in [4.78, 5) is 13.7. The van der Waals surface area contributed by atoms with Crippen molar-refractivity contribution in [2.75, 3.05) is 0 Å². The van der Waals surface area contributed by atoms with Crippen molar-refractivity contribution in [2.24, 2.45) is 0 Å². The van der Waals surface area contributed by atoms with E-state index >= 15 is 0 Å². The fourth-order valence-corrected chi connectivity index (χ4v) is 2.57. The van der Waals surface area contributed by atoms with Gasteiger partial charge in [-0.1, -0.05) is 60.1 Å². The summed E-state index contributed by atoms with van der Waals surface area (Å²) in [5, 5.41) is 4.42. The van der Waals surface area contributed by atoms with Crippen LogP contribution in [-0.2, 0) is 6.42 Å². The predicted molar refractivity (Wildman–Crippen MR) is 82.4 cm³/mol.